The Morgan fingerprint density at radius 2 is 2.06 bits per heavy atom. The molecule has 0 saturated carbocycles. The van der Waals surface area contributed by atoms with Gasteiger partial charge in [-0.25, -0.2) is 0 Å². The first-order valence-electron chi connectivity index (χ1n) is 6.16. The molecule has 0 spiro atoms. The van der Waals surface area contributed by atoms with Gasteiger partial charge in [-0.05, 0) is 12.0 Å². The lowest BCUT2D eigenvalue weighted by Crippen LogP contribution is -2.41. The third-order valence-electron chi connectivity index (χ3n) is 2.79. The van der Waals surface area contributed by atoms with Gasteiger partial charge in [-0.1, -0.05) is 30.3 Å². The van der Waals surface area contributed by atoms with Crippen LogP contribution < -0.4 is 5.73 Å². The Morgan fingerprint density at radius 3 is 2.67 bits per heavy atom. The predicted molar refractivity (Wildman–Crippen MR) is 72.3 cm³/mol. The summed E-state index contributed by atoms with van der Waals surface area (Å²) in [6, 6.07) is 9.88. The first-order chi connectivity index (χ1) is 8.63. The first kappa shape index (κ1) is 14.7. The quantitative estimate of drug-likeness (QED) is 0.787. The van der Waals surface area contributed by atoms with E-state index in [2.05, 4.69) is 0 Å². The van der Waals surface area contributed by atoms with Crippen molar-refractivity contribution in [3.63, 3.8) is 0 Å². The number of hydrogen-bond donors (Lipinski definition) is 1. The molecule has 2 N–H and O–H groups in total. The van der Waals surface area contributed by atoms with Gasteiger partial charge in [-0.15, -0.1) is 0 Å². The van der Waals surface area contributed by atoms with Gasteiger partial charge in [0.25, 0.3) is 0 Å². The number of nitrogens with two attached hydrogens (primary N) is 1. The van der Waals surface area contributed by atoms with E-state index >= 15 is 0 Å². The van der Waals surface area contributed by atoms with Crippen LogP contribution in [0.4, 0.5) is 0 Å². The molecular formula is C14H22N2O2. The summed E-state index contributed by atoms with van der Waals surface area (Å²) in [5.41, 5.74) is 6.99. The number of benzene rings is 1. The predicted octanol–water partition coefficient (Wildman–Crippen LogP) is 1.05. The third kappa shape index (κ3) is 5.29. The van der Waals surface area contributed by atoms with Crippen LogP contribution in [0.5, 0.6) is 0 Å². The second-order valence-electron chi connectivity index (χ2n) is 4.48. The number of methoxy groups -OCH3 is 1. The van der Waals surface area contributed by atoms with Crippen LogP contribution in [-0.2, 0) is 16.0 Å². The summed E-state index contributed by atoms with van der Waals surface area (Å²) in [5.74, 6) is 0.116. The maximum Gasteiger partial charge on any atom is 0.222 e. The van der Waals surface area contributed by atoms with Gasteiger partial charge in [0.1, 0.15) is 0 Å². The van der Waals surface area contributed by atoms with E-state index in [4.69, 9.17) is 10.5 Å². The summed E-state index contributed by atoms with van der Waals surface area (Å²) in [5, 5.41) is 0. The van der Waals surface area contributed by atoms with Gasteiger partial charge in [0.2, 0.25) is 5.91 Å². The van der Waals surface area contributed by atoms with Crippen LogP contribution >= 0.6 is 0 Å². The molecule has 4 nitrogen and oxygen atoms in total. The van der Waals surface area contributed by atoms with Crippen molar-refractivity contribution in [2.24, 2.45) is 5.73 Å². The zero-order chi connectivity index (χ0) is 13.4. The highest BCUT2D eigenvalue weighted by Gasteiger charge is 2.12. The molecule has 0 aliphatic carbocycles. The second kappa shape index (κ2) is 7.84. The van der Waals surface area contributed by atoms with Gasteiger partial charge in [0.15, 0.2) is 0 Å². The topological polar surface area (TPSA) is 55.6 Å². The van der Waals surface area contributed by atoms with Crippen LogP contribution in [0.25, 0.3) is 0 Å². The van der Waals surface area contributed by atoms with E-state index in [1.54, 1.807) is 19.1 Å². The first-order valence-corrected chi connectivity index (χ1v) is 6.16. The van der Waals surface area contributed by atoms with Crippen molar-refractivity contribution in [1.82, 2.24) is 4.90 Å². The fourth-order valence-corrected chi connectivity index (χ4v) is 1.81. The lowest BCUT2D eigenvalue weighted by atomic mass is 10.1. The highest BCUT2D eigenvalue weighted by atomic mass is 16.5. The number of nitrogens with zero attached hydrogens (tertiary/aromatic N) is 1. The van der Waals surface area contributed by atoms with E-state index in [1.165, 1.54) is 5.56 Å². The molecule has 1 aromatic rings. The van der Waals surface area contributed by atoms with Crippen molar-refractivity contribution in [1.29, 1.82) is 0 Å². The van der Waals surface area contributed by atoms with Gasteiger partial charge in [0.05, 0.1) is 6.61 Å². The molecule has 0 fully saturated rings. The summed E-state index contributed by atoms with van der Waals surface area (Å²) in [6.45, 7) is 0.998. The molecule has 0 saturated heterocycles. The summed E-state index contributed by atoms with van der Waals surface area (Å²) in [7, 11) is 3.39. The Balaban J connectivity index is 2.32. The highest BCUT2D eigenvalue weighted by Crippen LogP contribution is 2.04. The summed E-state index contributed by atoms with van der Waals surface area (Å²) < 4.78 is 4.95. The average molecular weight is 250 g/mol. The van der Waals surface area contributed by atoms with E-state index in [1.807, 2.05) is 30.3 Å². The summed E-state index contributed by atoms with van der Waals surface area (Å²) in [6.07, 6.45) is 1.28. The number of hydrogen-bond acceptors (Lipinski definition) is 3. The Bertz CT molecular complexity index is 354. The molecule has 0 aliphatic rings. The van der Waals surface area contributed by atoms with Crippen LogP contribution in [0.15, 0.2) is 30.3 Å². The Hall–Kier alpha value is -1.39. The van der Waals surface area contributed by atoms with Gasteiger partial charge < -0.3 is 15.4 Å². The third-order valence-corrected chi connectivity index (χ3v) is 2.79. The molecule has 0 radical (unpaired) electrons. The minimum Gasteiger partial charge on any atom is -0.383 e. The largest absolute Gasteiger partial charge is 0.383 e. The number of rotatable bonds is 7. The monoisotopic (exact) mass is 250 g/mol. The molecule has 0 heterocycles. The smallest absolute Gasteiger partial charge is 0.222 e. The molecule has 4 heteroatoms. The molecule has 100 valence electrons. The molecular weight excluding hydrogens is 228 g/mol. The summed E-state index contributed by atoms with van der Waals surface area (Å²) in [4.78, 5) is 13.6. The number of amides is 1. The maximum atomic E-state index is 11.9. The SMILES string of the molecule is COCC(N)CN(C)C(=O)CCc1ccccc1. The highest BCUT2D eigenvalue weighted by molar-refractivity contribution is 5.76. The number of ether oxygens (including phenoxy) is 1. The fourth-order valence-electron chi connectivity index (χ4n) is 1.81. The Kier molecular flexibility index (Phi) is 6.39. The minimum atomic E-state index is -0.124. The number of likely N-dealkylation sites (N-methyl/N-ethyl adjacent to an activating group) is 1. The molecule has 1 unspecified atom stereocenters. The van der Waals surface area contributed by atoms with Crippen LogP contribution in [-0.4, -0.2) is 44.2 Å². The molecule has 1 aromatic carbocycles. The molecule has 1 atom stereocenters. The van der Waals surface area contributed by atoms with Crippen molar-refractivity contribution in [2.75, 3.05) is 27.3 Å². The molecule has 0 aliphatic heterocycles. The van der Waals surface area contributed by atoms with Gasteiger partial charge in [-0.2, -0.15) is 0 Å². The van der Waals surface area contributed by atoms with Crippen molar-refractivity contribution < 1.29 is 9.53 Å². The lowest BCUT2D eigenvalue weighted by Gasteiger charge is -2.21. The number of aryl methyl sites for hydroxylation is 1. The number of carbonyl (C=O) groups is 1. The van der Waals surface area contributed by atoms with E-state index in [0.29, 0.717) is 19.6 Å². The normalized spacial score (nSPS) is 12.2. The summed E-state index contributed by atoms with van der Waals surface area (Å²) >= 11 is 0. The molecule has 0 bridgehead atoms. The van der Waals surface area contributed by atoms with Crippen molar-refractivity contribution in [3.8, 4) is 0 Å². The van der Waals surface area contributed by atoms with Crippen molar-refractivity contribution in [2.45, 2.75) is 18.9 Å². The zero-order valence-corrected chi connectivity index (χ0v) is 11.1. The van der Waals surface area contributed by atoms with Gasteiger partial charge in [-0.3, -0.25) is 4.79 Å². The minimum absolute atomic E-state index is 0.116. The van der Waals surface area contributed by atoms with Crippen LogP contribution in [0.3, 0.4) is 0 Å². The average Bonchev–Trinajstić information content (AvgIpc) is 2.37. The Morgan fingerprint density at radius 1 is 1.39 bits per heavy atom. The Labute approximate surface area is 109 Å². The zero-order valence-electron chi connectivity index (χ0n) is 11.1. The fraction of sp³-hybridized carbons (Fsp3) is 0.500. The van der Waals surface area contributed by atoms with Crippen LogP contribution in [0.2, 0.25) is 0 Å². The standard InChI is InChI=1S/C14H22N2O2/c1-16(10-13(15)11-18-2)14(17)9-8-12-6-4-3-5-7-12/h3-7,13H,8-11,15H2,1-2H3. The number of carbonyl (C=O) groups excluding carboxylic acids is 1. The maximum absolute atomic E-state index is 11.9. The van der Waals surface area contributed by atoms with Crippen molar-refractivity contribution in [3.05, 3.63) is 35.9 Å². The second-order valence-corrected chi connectivity index (χ2v) is 4.48. The van der Waals surface area contributed by atoms with Crippen molar-refractivity contribution >= 4 is 5.91 Å². The van der Waals surface area contributed by atoms with Crippen LogP contribution in [0, 0.1) is 0 Å². The van der Waals surface area contributed by atoms with E-state index in [-0.39, 0.29) is 11.9 Å². The molecule has 1 rings (SSSR count). The lowest BCUT2D eigenvalue weighted by molar-refractivity contribution is -0.130. The van der Waals surface area contributed by atoms with E-state index in [0.717, 1.165) is 6.42 Å². The van der Waals surface area contributed by atoms with Gasteiger partial charge >= 0.3 is 0 Å². The van der Waals surface area contributed by atoms with E-state index in [9.17, 15) is 4.79 Å². The molecule has 0 aromatic heterocycles. The molecule has 1 amide bonds. The molecule has 18 heavy (non-hydrogen) atoms. The van der Waals surface area contributed by atoms with Crippen LogP contribution in [0.1, 0.15) is 12.0 Å². The van der Waals surface area contributed by atoms with E-state index < -0.39 is 0 Å². The van der Waals surface area contributed by atoms with Gasteiger partial charge in [0, 0.05) is 33.2 Å².